The van der Waals surface area contributed by atoms with Crippen LogP contribution in [0.5, 0.6) is 0 Å². The number of aromatic nitrogens is 2. The molecule has 1 N–H and O–H groups in total. The number of carbonyl (C=O) groups excluding carboxylic acids is 1. The second-order valence-electron chi connectivity index (χ2n) is 5.11. The van der Waals surface area contributed by atoms with Gasteiger partial charge in [0.05, 0.1) is 23.8 Å². The van der Waals surface area contributed by atoms with E-state index in [1.807, 2.05) is 0 Å². The van der Waals surface area contributed by atoms with Gasteiger partial charge >= 0.3 is 5.97 Å². The van der Waals surface area contributed by atoms with Crippen molar-refractivity contribution in [3.8, 4) is 0 Å². The van der Waals surface area contributed by atoms with E-state index in [-0.39, 0.29) is 24.1 Å². The quantitative estimate of drug-likeness (QED) is 0.927. The van der Waals surface area contributed by atoms with Crippen LogP contribution in [-0.2, 0) is 4.79 Å². The summed E-state index contributed by atoms with van der Waals surface area (Å²) in [7, 11) is 0. The number of nitrogens with zero attached hydrogens (tertiary/aromatic N) is 3. The zero-order chi connectivity index (χ0) is 15.7. The maximum atomic E-state index is 12.3. The molecule has 1 aliphatic rings. The molecule has 1 amide bonds. The maximum Gasteiger partial charge on any atom is 0.308 e. The Bertz CT molecular complexity index is 690. The predicted octanol–water partition coefficient (Wildman–Crippen LogP) is 2.13. The van der Waals surface area contributed by atoms with Gasteiger partial charge < -0.3 is 10.0 Å². The molecule has 1 aromatic carbocycles. The molecule has 6 nitrogen and oxygen atoms in total. The van der Waals surface area contributed by atoms with Gasteiger partial charge in [-0.3, -0.25) is 9.59 Å². The third-order valence-corrected chi connectivity index (χ3v) is 4.53. The Kier molecular flexibility index (Phi) is 4.08. The molecule has 1 aromatic heterocycles. The molecule has 2 atom stereocenters. The monoisotopic (exact) mass is 337 g/mol. The number of carbonyl (C=O) groups is 2. The molecule has 0 aliphatic carbocycles. The van der Waals surface area contributed by atoms with Crippen LogP contribution in [0.15, 0.2) is 30.5 Å². The number of hydrogen-bond acceptors (Lipinski definition) is 5. The Hall–Kier alpha value is -1.99. The van der Waals surface area contributed by atoms with Crippen molar-refractivity contribution in [1.82, 2.24) is 13.6 Å². The second-order valence-corrected chi connectivity index (χ2v) is 6.10. The van der Waals surface area contributed by atoms with E-state index in [0.29, 0.717) is 11.6 Å². The van der Waals surface area contributed by atoms with Gasteiger partial charge in [-0.25, -0.2) is 0 Å². The molecule has 0 unspecified atom stereocenters. The van der Waals surface area contributed by atoms with Crippen molar-refractivity contribution in [2.75, 3.05) is 13.1 Å². The smallest absolute Gasteiger partial charge is 0.308 e. The molecule has 1 saturated heterocycles. The summed E-state index contributed by atoms with van der Waals surface area (Å²) in [4.78, 5) is 25.4. The Labute approximate surface area is 135 Å². The minimum atomic E-state index is -0.911. The van der Waals surface area contributed by atoms with Crippen LogP contribution >= 0.6 is 23.3 Å². The maximum absolute atomic E-state index is 12.3. The summed E-state index contributed by atoms with van der Waals surface area (Å²) < 4.78 is 7.72. The highest BCUT2D eigenvalue weighted by Crippen LogP contribution is 2.34. The van der Waals surface area contributed by atoms with Gasteiger partial charge in [0.15, 0.2) is 5.69 Å². The van der Waals surface area contributed by atoms with Crippen molar-refractivity contribution in [3.05, 3.63) is 46.7 Å². The van der Waals surface area contributed by atoms with E-state index in [1.165, 1.54) is 11.1 Å². The van der Waals surface area contributed by atoms with Gasteiger partial charge in [0.1, 0.15) is 0 Å². The molecule has 0 spiro atoms. The second kappa shape index (κ2) is 6.02. The van der Waals surface area contributed by atoms with Crippen molar-refractivity contribution < 1.29 is 14.7 Å². The predicted molar refractivity (Wildman–Crippen MR) is 81.1 cm³/mol. The minimum Gasteiger partial charge on any atom is -0.481 e. The Balaban J connectivity index is 1.85. The lowest BCUT2D eigenvalue weighted by Crippen LogP contribution is -2.30. The van der Waals surface area contributed by atoms with Crippen molar-refractivity contribution in [2.45, 2.75) is 5.92 Å². The highest BCUT2D eigenvalue weighted by atomic mass is 35.5. The van der Waals surface area contributed by atoms with Crippen LogP contribution < -0.4 is 0 Å². The lowest BCUT2D eigenvalue weighted by atomic mass is 9.89. The van der Waals surface area contributed by atoms with Gasteiger partial charge in [-0.15, -0.1) is 0 Å². The Morgan fingerprint density at radius 3 is 2.59 bits per heavy atom. The molecule has 1 fully saturated rings. The summed E-state index contributed by atoms with van der Waals surface area (Å²) in [6.45, 7) is 0.508. The van der Waals surface area contributed by atoms with Crippen LogP contribution in [0.4, 0.5) is 0 Å². The van der Waals surface area contributed by atoms with E-state index in [2.05, 4.69) is 8.75 Å². The van der Waals surface area contributed by atoms with E-state index >= 15 is 0 Å². The Morgan fingerprint density at radius 2 is 2.00 bits per heavy atom. The zero-order valence-electron chi connectivity index (χ0n) is 11.3. The summed E-state index contributed by atoms with van der Waals surface area (Å²) in [5.41, 5.74) is 1.12. The molecule has 0 saturated carbocycles. The SMILES string of the molecule is O=C(O)[C@@H]1CN(C(=O)c2cnsn2)C[C@H]1c1ccc(Cl)cc1. The fourth-order valence-electron chi connectivity index (χ4n) is 2.69. The molecule has 0 radical (unpaired) electrons. The number of halogens is 1. The van der Waals surface area contributed by atoms with Crippen LogP contribution in [0.1, 0.15) is 22.0 Å². The molecule has 8 heteroatoms. The number of likely N-dealkylation sites (tertiary alicyclic amines) is 1. The number of rotatable bonds is 3. The van der Waals surface area contributed by atoms with Gasteiger partial charge in [0.25, 0.3) is 5.91 Å². The van der Waals surface area contributed by atoms with Crippen molar-refractivity contribution in [1.29, 1.82) is 0 Å². The van der Waals surface area contributed by atoms with E-state index in [9.17, 15) is 14.7 Å². The molecule has 114 valence electrons. The first-order valence-electron chi connectivity index (χ1n) is 6.61. The number of carboxylic acids is 1. The molecular weight excluding hydrogens is 326 g/mol. The van der Waals surface area contributed by atoms with Gasteiger partial charge in [-0.2, -0.15) is 8.75 Å². The number of hydrogen-bond donors (Lipinski definition) is 1. The Morgan fingerprint density at radius 1 is 1.27 bits per heavy atom. The van der Waals surface area contributed by atoms with Crippen LogP contribution in [-0.4, -0.2) is 43.7 Å². The van der Waals surface area contributed by atoms with Crippen molar-refractivity contribution in [3.63, 3.8) is 0 Å². The molecule has 2 heterocycles. The summed E-state index contributed by atoms with van der Waals surface area (Å²) >= 11 is 6.82. The van der Waals surface area contributed by atoms with E-state index in [4.69, 9.17) is 11.6 Å². The van der Waals surface area contributed by atoms with Gasteiger partial charge in [0, 0.05) is 24.0 Å². The number of aliphatic carboxylic acids is 1. The van der Waals surface area contributed by atoms with E-state index < -0.39 is 11.9 Å². The molecular formula is C14H12ClN3O3S. The molecule has 1 aliphatic heterocycles. The van der Waals surface area contributed by atoms with Gasteiger partial charge in [0.2, 0.25) is 0 Å². The van der Waals surface area contributed by atoms with Crippen LogP contribution in [0, 0.1) is 5.92 Å². The largest absolute Gasteiger partial charge is 0.481 e. The topological polar surface area (TPSA) is 83.4 Å². The zero-order valence-corrected chi connectivity index (χ0v) is 12.9. The third kappa shape index (κ3) is 2.82. The summed E-state index contributed by atoms with van der Waals surface area (Å²) in [5, 5.41) is 10.0. The normalized spacial score (nSPS) is 21.0. The van der Waals surface area contributed by atoms with Crippen LogP contribution in [0.25, 0.3) is 0 Å². The van der Waals surface area contributed by atoms with Crippen LogP contribution in [0.2, 0.25) is 5.02 Å². The van der Waals surface area contributed by atoms with E-state index in [1.54, 1.807) is 24.3 Å². The fraction of sp³-hybridized carbons (Fsp3) is 0.286. The number of carboxylic acid groups (broad SMARTS) is 1. The standard InChI is InChI=1S/C14H12ClN3O3S/c15-9-3-1-8(2-4-9)10-6-18(7-11(10)14(20)21)13(19)12-5-16-22-17-12/h1-5,10-11H,6-7H2,(H,20,21)/t10-,11+/m0/s1. The molecule has 22 heavy (non-hydrogen) atoms. The molecule has 3 rings (SSSR count). The number of amides is 1. The molecule has 0 bridgehead atoms. The minimum absolute atomic E-state index is 0.166. The fourth-order valence-corrected chi connectivity index (χ4v) is 3.22. The van der Waals surface area contributed by atoms with Crippen LogP contribution in [0.3, 0.4) is 0 Å². The molecule has 2 aromatic rings. The average Bonchev–Trinajstić information content (AvgIpc) is 3.17. The van der Waals surface area contributed by atoms with Gasteiger partial charge in [-0.1, -0.05) is 23.7 Å². The summed E-state index contributed by atoms with van der Waals surface area (Å²) in [6, 6.07) is 7.07. The summed E-state index contributed by atoms with van der Waals surface area (Å²) in [6.07, 6.45) is 1.40. The lowest BCUT2D eigenvalue weighted by Gasteiger charge is -2.15. The first-order chi connectivity index (χ1) is 10.6. The van der Waals surface area contributed by atoms with Crippen molar-refractivity contribution in [2.24, 2.45) is 5.92 Å². The van der Waals surface area contributed by atoms with Gasteiger partial charge in [-0.05, 0) is 17.7 Å². The highest BCUT2D eigenvalue weighted by molar-refractivity contribution is 6.99. The summed E-state index contributed by atoms with van der Waals surface area (Å²) in [5.74, 6) is -2.09. The first-order valence-corrected chi connectivity index (χ1v) is 7.72. The third-order valence-electron chi connectivity index (χ3n) is 3.80. The average molecular weight is 338 g/mol. The highest BCUT2D eigenvalue weighted by Gasteiger charge is 2.41. The van der Waals surface area contributed by atoms with Crippen molar-refractivity contribution >= 4 is 35.2 Å². The first kappa shape index (κ1) is 14.9. The lowest BCUT2D eigenvalue weighted by molar-refractivity contribution is -0.141. The number of benzene rings is 1. The van der Waals surface area contributed by atoms with E-state index in [0.717, 1.165) is 17.3 Å².